The number of rotatable bonds is 0. The molecule has 0 aromatic rings. The van der Waals surface area contributed by atoms with E-state index in [-0.39, 0.29) is 0 Å². The van der Waals surface area contributed by atoms with Crippen molar-refractivity contribution in [2.75, 3.05) is 13.2 Å². The molecule has 0 bridgehead atoms. The molecule has 1 fully saturated rings. The molecule has 0 saturated carbocycles. The van der Waals surface area contributed by atoms with Crippen LogP contribution < -0.4 is 0 Å². The van der Waals surface area contributed by atoms with Crippen LogP contribution in [0.5, 0.6) is 0 Å². The molecule has 1 rings (SSSR count). The lowest BCUT2D eigenvalue weighted by atomic mass is 10.2. The molecule has 1 aliphatic rings. The summed E-state index contributed by atoms with van der Waals surface area (Å²) in [5, 5.41) is 0. The van der Waals surface area contributed by atoms with E-state index in [9.17, 15) is 0 Å². The van der Waals surface area contributed by atoms with Gasteiger partial charge >= 0.3 is 0 Å². The first-order valence-corrected chi connectivity index (χ1v) is 2.91. The Balaban J connectivity index is 0.000000222. The van der Waals surface area contributed by atoms with Crippen molar-refractivity contribution in [1.29, 1.82) is 0 Å². The normalized spacial score (nSPS) is 18.2. The zero-order chi connectivity index (χ0) is 6.24. The smallest absolute Gasteiger partial charge is 0.0466 e. The Bertz CT molecular complexity index is 41.1. The molecule has 1 saturated heterocycles. The third-order valence-corrected chi connectivity index (χ3v) is 1.08. The average molecular weight is 112 g/mol. The summed E-state index contributed by atoms with van der Waals surface area (Å²) in [7, 11) is 0. The highest BCUT2D eigenvalue weighted by atomic mass is 16.5. The summed E-state index contributed by atoms with van der Waals surface area (Å²) in [6.07, 6.45) is 11.9. The summed E-state index contributed by atoms with van der Waals surface area (Å²) >= 11 is 0. The fourth-order valence-electron chi connectivity index (χ4n) is 0.687. The molecule has 0 N–H and O–H groups in total. The van der Waals surface area contributed by atoms with E-state index >= 15 is 0 Å². The monoisotopic (exact) mass is 112 g/mol. The van der Waals surface area contributed by atoms with Crippen LogP contribution in [0.25, 0.3) is 0 Å². The largest absolute Gasteiger partial charge is 0.381 e. The summed E-state index contributed by atoms with van der Waals surface area (Å²) in [6.45, 7) is 2.00. The van der Waals surface area contributed by atoms with Gasteiger partial charge in [-0.3, -0.25) is 0 Å². The molecule has 0 aromatic heterocycles. The predicted molar refractivity (Wildman–Crippen MR) is 34.6 cm³/mol. The summed E-state index contributed by atoms with van der Waals surface area (Å²) in [4.78, 5) is 0. The average Bonchev–Trinajstić information content (AvgIpc) is 1.96. The first-order chi connectivity index (χ1) is 4.00. The SMILES string of the molecule is C#C.C1CCOCC1. The van der Waals surface area contributed by atoms with Crippen LogP contribution in [0, 0.1) is 12.8 Å². The van der Waals surface area contributed by atoms with Gasteiger partial charge in [0.15, 0.2) is 0 Å². The van der Waals surface area contributed by atoms with Crippen LogP contribution in [0.3, 0.4) is 0 Å². The van der Waals surface area contributed by atoms with Crippen LogP contribution in [0.1, 0.15) is 19.3 Å². The van der Waals surface area contributed by atoms with E-state index in [1.54, 1.807) is 0 Å². The maximum atomic E-state index is 5.07. The second-order valence-corrected chi connectivity index (χ2v) is 1.67. The Morgan fingerprint density at radius 1 is 0.875 bits per heavy atom. The van der Waals surface area contributed by atoms with Gasteiger partial charge in [0.25, 0.3) is 0 Å². The molecule has 1 aliphatic heterocycles. The van der Waals surface area contributed by atoms with Gasteiger partial charge in [-0.1, -0.05) is 0 Å². The zero-order valence-corrected chi connectivity index (χ0v) is 5.10. The highest BCUT2D eigenvalue weighted by Crippen LogP contribution is 2.01. The van der Waals surface area contributed by atoms with Crippen molar-refractivity contribution in [1.82, 2.24) is 0 Å². The van der Waals surface area contributed by atoms with Crippen molar-refractivity contribution in [2.24, 2.45) is 0 Å². The van der Waals surface area contributed by atoms with Gasteiger partial charge in [-0.05, 0) is 19.3 Å². The Hall–Kier alpha value is -0.480. The number of terminal acetylenes is 1. The predicted octanol–water partition coefficient (Wildman–Crippen LogP) is 1.44. The second-order valence-electron chi connectivity index (χ2n) is 1.67. The number of hydrogen-bond acceptors (Lipinski definition) is 1. The van der Waals surface area contributed by atoms with Gasteiger partial charge < -0.3 is 4.74 Å². The highest BCUT2D eigenvalue weighted by molar-refractivity contribution is 4.47. The molecule has 0 atom stereocenters. The second kappa shape index (κ2) is 6.52. The van der Waals surface area contributed by atoms with Gasteiger partial charge in [-0.15, -0.1) is 12.8 Å². The minimum atomic E-state index is 1.00. The molecule has 0 aliphatic carbocycles. The Kier molecular flexibility index (Phi) is 6.13. The van der Waals surface area contributed by atoms with E-state index in [0.717, 1.165) is 13.2 Å². The lowest BCUT2D eigenvalue weighted by Crippen LogP contribution is -2.03. The van der Waals surface area contributed by atoms with E-state index in [0.29, 0.717) is 0 Å². The number of hydrogen-bond donors (Lipinski definition) is 0. The topological polar surface area (TPSA) is 9.23 Å². The summed E-state index contributed by atoms with van der Waals surface area (Å²) < 4.78 is 5.07. The first-order valence-electron chi connectivity index (χ1n) is 2.91. The summed E-state index contributed by atoms with van der Waals surface area (Å²) in [6, 6.07) is 0. The summed E-state index contributed by atoms with van der Waals surface area (Å²) in [5.74, 6) is 0. The van der Waals surface area contributed by atoms with Gasteiger partial charge in [0.2, 0.25) is 0 Å². The van der Waals surface area contributed by atoms with E-state index in [1.165, 1.54) is 19.3 Å². The molecule has 8 heavy (non-hydrogen) atoms. The van der Waals surface area contributed by atoms with Gasteiger partial charge in [0.05, 0.1) is 0 Å². The maximum Gasteiger partial charge on any atom is 0.0466 e. The molecule has 0 spiro atoms. The summed E-state index contributed by atoms with van der Waals surface area (Å²) in [5.41, 5.74) is 0. The molecule has 1 nitrogen and oxygen atoms in total. The fraction of sp³-hybridized carbons (Fsp3) is 0.714. The zero-order valence-electron chi connectivity index (χ0n) is 5.10. The fourth-order valence-corrected chi connectivity index (χ4v) is 0.687. The quantitative estimate of drug-likeness (QED) is 0.431. The Labute approximate surface area is 51.0 Å². The highest BCUT2D eigenvalue weighted by Gasteiger charge is 1.94. The van der Waals surface area contributed by atoms with Crippen molar-refractivity contribution in [3.8, 4) is 12.8 Å². The third-order valence-electron chi connectivity index (χ3n) is 1.08. The molecule has 0 aromatic carbocycles. The van der Waals surface area contributed by atoms with Crippen LogP contribution in [0.4, 0.5) is 0 Å². The first kappa shape index (κ1) is 7.52. The molecule has 1 heterocycles. The minimum Gasteiger partial charge on any atom is -0.381 e. The van der Waals surface area contributed by atoms with Crippen molar-refractivity contribution < 1.29 is 4.74 Å². The maximum absolute atomic E-state index is 5.07. The van der Waals surface area contributed by atoms with Crippen molar-refractivity contribution >= 4 is 0 Å². The molecule has 0 unspecified atom stereocenters. The Morgan fingerprint density at radius 3 is 1.50 bits per heavy atom. The van der Waals surface area contributed by atoms with Crippen LogP contribution in [-0.4, -0.2) is 13.2 Å². The lowest BCUT2D eigenvalue weighted by molar-refractivity contribution is 0.0968. The molecular formula is C7H12O. The van der Waals surface area contributed by atoms with Crippen molar-refractivity contribution in [3.63, 3.8) is 0 Å². The van der Waals surface area contributed by atoms with Gasteiger partial charge in [-0.25, -0.2) is 0 Å². The molecule has 0 amide bonds. The van der Waals surface area contributed by atoms with Gasteiger partial charge in [0, 0.05) is 13.2 Å². The van der Waals surface area contributed by atoms with Gasteiger partial charge in [0.1, 0.15) is 0 Å². The van der Waals surface area contributed by atoms with Crippen molar-refractivity contribution in [3.05, 3.63) is 0 Å². The standard InChI is InChI=1S/C5H10O.C2H2/c1-2-4-6-5-3-1;1-2/h1-5H2;1-2H. The van der Waals surface area contributed by atoms with E-state index in [2.05, 4.69) is 12.8 Å². The van der Waals surface area contributed by atoms with E-state index < -0.39 is 0 Å². The molecular weight excluding hydrogens is 100 g/mol. The van der Waals surface area contributed by atoms with Crippen molar-refractivity contribution in [2.45, 2.75) is 19.3 Å². The Morgan fingerprint density at radius 2 is 1.38 bits per heavy atom. The van der Waals surface area contributed by atoms with Crippen LogP contribution in [0.15, 0.2) is 0 Å². The van der Waals surface area contributed by atoms with Gasteiger partial charge in [-0.2, -0.15) is 0 Å². The number of ether oxygens (including phenoxy) is 1. The third kappa shape index (κ3) is 3.70. The minimum absolute atomic E-state index is 1.00. The molecule has 1 heteroatoms. The van der Waals surface area contributed by atoms with Crippen LogP contribution in [-0.2, 0) is 4.74 Å². The molecule has 46 valence electrons. The van der Waals surface area contributed by atoms with Crippen LogP contribution in [0.2, 0.25) is 0 Å². The van der Waals surface area contributed by atoms with E-state index in [4.69, 9.17) is 4.74 Å². The molecule has 0 radical (unpaired) electrons. The lowest BCUT2D eigenvalue weighted by Gasteiger charge is -2.08. The van der Waals surface area contributed by atoms with Crippen LogP contribution >= 0.6 is 0 Å². The van der Waals surface area contributed by atoms with E-state index in [1.807, 2.05) is 0 Å².